The summed E-state index contributed by atoms with van der Waals surface area (Å²) in [5, 5.41) is 9.38. The Morgan fingerprint density at radius 1 is 1.47 bits per heavy atom. The van der Waals surface area contributed by atoms with Crippen molar-refractivity contribution >= 4 is 27.5 Å². The first kappa shape index (κ1) is 13.5. The first-order valence-corrected chi connectivity index (χ1v) is 6.63. The lowest BCUT2D eigenvalue weighted by molar-refractivity contribution is 0.0953. The van der Waals surface area contributed by atoms with E-state index in [9.17, 15) is 4.79 Å². The Balaban J connectivity index is 1.79. The van der Waals surface area contributed by atoms with Crippen molar-refractivity contribution in [3.63, 3.8) is 0 Å². The van der Waals surface area contributed by atoms with Crippen LogP contribution in [0.15, 0.2) is 29.0 Å². The number of halogens is 1. The number of hydrogen-bond acceptors (Lipinski definition) is 4. The second-order valence-electron chi connectivity index (χ2n) is 4.03. The van der Waals surface area contributed by atoms with E-state index in [1.54, 1.807) is 18.2 Å². The van der Waals surface area contributed by atoms with Gasteiger partial charge >= 0.3 is 0 Å². The number of nitrogens with zero attached hydrogens (tertiary/aromatic N) is 2. The lowest BCUT2D eigenvalue weighted by atomic mass is 10.2. The van der Waals surface area contributed by atoms with E-state index in [1.165, 1.54) is 6.33 Å². The summed E-state index contributed by atoms with van der Waals surface area (Å²) in [6, 6.07) is 5.11. The summed E-state index contributed by atoms with van der Waals surface area (Å²) in [7, 11) is 0. The van der Waals surface area contributed by atoms with Crippen molar-refractivity contribution in [2.45, 2.75) is 12.8 Å². The highest BCUT2D eigenvalue weighted by Crippen LogP contribution is 2.20. The monoisotopic (exact) mass is 323 g/mol. The minimum atomic E-state index is -0.113. The molecule has 0 aliphatic carbocycles. The van der Waals surface area contributed by atoms with E-state index in [-0.39, 0.29) is 5.91 Å². The fourth-order valence-electron chi connectivity index (χ4n) is 1.58. The van der Waals surface area contributed by atoms with Crippen LogP contribution in [0.1, 0.15) is 22.6 Å². The maximum atomic E-state index is 11.9. The molecule has 0 saturated heterocycles. The van der Waals surface area contributed by atoms with Crippen LogP contribution in [-0.4, -0.2) is 27.6 Å². The lowest BCUT2D eigenvalue weighted by Gasteiger charge is -2.06. The number of amides is 1. The molecule has 0 spiro atoms. The van der Waals surface area contributed by atoms with E-state index in [4.69, 9.17) is 5.73 Å². The van der Waals surface area contributed by atoms with Crippen molar-refractivity contribution in [3.8, 4) is 0 Å². The number of H-pyrrole nitrogens is 1. The third-order valence-electron chi connectivity index (χ3n) is 2.60. The van der Waals surface area contributed by atoms with E-state index < -0.39 is 0 Å². The number of carbonyl (C=O) groups excluding carboxylic acids is 1. The predicted octanol–water partition coefficient (Wildman–Crippen LogP) is 1.51. The third-order valence-corrected chi connectivity index (χ3v) is 3.29. The fraction of sp³-hybridized carbons (Fsp3) is 0.250. The molecule has 6 nitrogen and oxygen atoms in total. The summed E-state index contributed by atoms with van der Waals surface area (Å²) < 4.78 is 0.724. The van der Waals surface area contributed by atoms with Gasteiger partial charge in [0, 0.05) is 28.7 Å². The molecule has 0 unspecified atom stereocenters. The molecule has 2 rings (SSSR count). The molecule has 0 fully saturated rings. The van der Waals surface area contributed by atoms with Gasteiger partial charge in [-0.3, -0.25) is 9.89 Å². The Morgan fingerprint density at radius 3 is 3.00 bits per heavy atom. The Labute approximate surface area is 118 Å². The SMILES string of the molecule is Nc1ccc(C(=O)NCCCc2ncn[nH]2)cc1Br. The average molecular weight is 324 g/mol. The number of hydrogen-bond donors (Lipinski definition) is 3. The lowest BCUT2D eigenvalue weighted by Crippen LogP contribution is -2.24. The van der Waals surface area contributed by atoms with Gasteiger partial charge in [-0.2, -0.15) is 5.10 Å². The molecular formula is C12H14BrN5O. The number of aromatic amines is 1. The number of nitrogens with two attached hydrogens (primary N) is 1. The molecule has 0 aliphatic rings. The van der Waals surface area contributed by atoms with Crippen LogP contribution in [0.2, 0.25) is 0 Å². The highest BCUT2D eigenvalue weighted by molar-refractivity contribution is 9.10. The maximum Gasteiger partial charge on any atom is 0.251 e. The molecule has 0 aliphatic heterocycles. The van der Waals surface area contributed by atoms with Crippen molar-refractivity contribution in [1.82, 2.24) is 20.5 Å². The highest BCUT2D eigenvalue weighted by atomic mass is 79.9. The molecule has 4 N–H and O–H groups in total. The minimum absolute atomic E-state index is 0.113. The Hall–Kier alpha value is -1.89. The van der Waals surface area contributed by atoms with Crippen LogP contribution in [0.4, 0.5) is 5.69 Å². The van der Waals surface area contributed by atoms with Crippen LogP contribution in [-0.2, 0) is 6.42 Å². The highest BCUT2D eigenvalue weighted by Gasteiger charge is 2.06. The largest absolute Gasteiger partial charge is 0.398 e. The van der Waals surface area contributed by atoms with Gasteiger partial charge in [-0.1, -0.05) is 0 Å². The molecule has 0 atom stereocenters. The summed E-state index contributed by atoms with van der Waals surface area (Å²) >= 11 is 3.30. The number of nitrogen functional groups attached to an aromatic ring is 1. The second kappa shape index (κ2) is 6.33. The molecule has 7 heteroatoms. The van der Waals surface area contributed by atoms with Crippen molar-refractivity contribution in [3.05, 3.63) is 40.4 Å². The zero-order valence-corrected chi connectivity index (χ0v) is 11.8. The number of anilines is 1. The van der Waals surface area contributed by atoms with E-state index in [1.807, 2.05) is 0 Å². The van der Waals surface area contributed by atoms with Gasteiger partial charge in [0.1, 0.15) is 12.2 Å². The van der Waals surface area contributed by atoms with Gasteiger partial charge in [-0.05, 0) is 40.5 Å². The molecule has 1 aromatic carbocycles. The van der Waals surface area contributed by atoms with Crippen molar-refractivity contribution in [1.29, 1.82) is 0 Å². The summed E-state index contributed by atoms with van der Waals surface area (Å²) in [4.78, 5) is 15.9. The Kier molecular flexibility index (Phi) is 4.51. The Morgan fingerprint density at radius 2 is 2.32 bits per heavy atom. The van der Waals surface area contributed by atoms with E-state index in [2.05, 4.69) is 36.4 Å². The first-order chi connectivity index (χ1) is 9.16. The molecule has 1 heterocycles. The number of aromatic nitrogens is 3. The Bertz CT molecular complexity index is 555. The van der Waals surface area contributed by atoms with Crippen LogP contribution in [0.25, 0.3) is 0 Å². The first-order valence-electron chi connectivity index (χ1n) is 5.84. The molecule has 0 bridgehead atoms. The van der Waals surface area contributed by atoms with Crippen molar-refractivity contribution in [2.75, 3.05) is 12.3 Å². The van der Waals surface area contributed by atoms with Crippen LogP contribution in [0.3, 0.4) is 0 Å². The number of rotatable bonds is 5. The number of benzene rings is 1. The number of aryl methyl sites for hydroxylation is 1. The summed E-state index contributed by atoms with van der Waals surface area (Å²) in [6.45, 7) is 0.585. The molecular weight excluding hydrogens is 310 g/mol. The second-order valence-corrected chi connectivity index (χ2v) is 4.88. The smallest absolute Gasteiger partial charge is 0.251 e. The third kappa shape index (κ3) is 3.78. The van der Waals surface area contributed by atoms with Gasteiger partial charge in [0.05, 0.1) is 0 Å². The van der Waals surface area contributed by atoms with Gasteiger partial charge in [0.25, 0.3) is 5.91 Å². The zero-order valence-electron chi connectivity index (χ0n) is 10.2. The molecule has 2 aromatic rings. The molecule has 0 radical (unpaired) electrons. The minimum Gasteiger partial charge on any atom is -0.398 e. The summed E-state index contributed by atoms with van der Waals surface area (Å²) in [6.07, 6.45) is 3.03. The summed E-state index contributed by atoms with van der Waals surface area (Å²) in [5.74, 6) is 0.711. The molecule has 19 heavy (non-hydrogen) atoms. The standard InChI is InChI=1S/C12H14BrN5O/c13-9-6-8(3-4-10(9)14)12(19)15-5-1-2-11-16-7-17-18-11/h3-4,6-7H,1-2,5,14H2,(H,15,19)(H,16,17,18). The van der Waals surface area contributed by atoms with E-state index in [0.717, 1.165) is 23.1 Å². The van der Waals surface area contributed by atoms with Gasteiger partial charge in [-0.15, -0.1) is 0 Å². The van der Waals surface area contributed by atoms with Crippen LogP contribution < -0.4 is 11.1 Å². The number of nitrogens with one attached hydrogen (secondary N) is 2. The van der Waals surface area contributed by atoms with Crippen LogP contribution >= 0.6 is 15.9 Å². The van der Waals surface area contributed by atoms with Gasteiger partial charge in [-0.25, -0.2) is 4.98 Å². The quantitative estimate of drug-likeness (QED) is 0.574. The van der Waals surface area contributed by atoms with Crippen LogP contribution in [0.5, 0.6) is 0 Å². The van der Waals surface area contributed by atoms with Gasteiger partial charge in [0.2, 0.25) is 0 Å². The maximum absolute atomic E-state index is 11.9. The topological polar surface area (TPSA) is 96.7 Å². The summed E-state index contributed by atoms with van der Waals surface area (Å²) in [5.41, 5.74) is 6.87. The predicted molar refractivity (Wildman–Crippen MR) is 75.6 cm³/mol. The van der Waals surface area contributed by atoms with E-state index in [0.29, 0.717) is 17.8 Å². The normalized spacial score (nSPS) is 10.4. The van der Waals surface area contributed by atoms with Crippen LogP contribution in [0, 0.1) is 0 Å². The molecule has 100 valence electrons. The molecule has 0 saturated carbocycles. The average Bonchev–Trinajstić information content (AvgIpc) is 2.91. The molecule has 1 amide bonds. The van der Waals surface area contributed by atoms with Gasteiger partial charge in [0.15, 0.2) is 0 Å². The molecule has 1 aromatic heterocycles. The van der Waals surface area contributed by atoms with Crippen molar-refractivity contribution < 1.29 is 4.79 Å². The fourth-order valence-corrected chi connectivity index (χ4v) is 1.96. The van der Waals surface area contributed by atoms with E-state index >= 15 is 0 Å². The van der Waals surface area contributed by atoms with Gasteiger partial charge < -0.3 is 11.1 Å². The zero-order chi connectivity index (χ0) is 13.7. The van der Waals surface area contributed by atoms with Crippen molar-refractivity contribution in [2.24, 2.45) is 0 Å². The number of carbonyl (C=O) groups is 1.